The molecular formula is C13H20O2. The highest BCUT2D eigenvalue weighted by Gasteiger charge is 2.00. The van der Waals surface area contributed by atoms with Crippen LogP contribution in [0, 0.1) is 0 Å². The molecule has 0 saturated heterocycles. The summed E-state index contributed by atoms with van der Waals surface area (Å²) in [4.78, 5) is 0. The summed E-state index contributed by atoms with van der Waals surface area (Å²) in [5.41, 5.74) is 1.30. The Morgan fingerprint density at radius 2 is 1.93 bits per heavy atom. The highest BCUT2D eigenvalue weighted by atomic mass is 16.5. The van der Waals surface area contributed by atoms with Gasteiger partial charge in [-0.2, -0.15) is 0 Å². The fourth-order valence-electron chi connectivity index (χ4n) is 1.54. The van der Waals surface area contributed by atoms with Crippen LogP contribution in [0.3, 0.4) is 0 Å². The van der Waals surface area contributed by atoms with E-state index in [9.17, 15) is 5.11 Å². The van der Waals surface area contributed by atoms with Gasteiger partial charge < -0.3 is 9.84 Å². The number of methoxy groups -OCH3 is 1. The Morgan fingerprint density at radius 1 is 1.27 bits per heavy atom. The highest BCUT2D eigenvalue weighted by Crippen LogP contribution is 2.13. The lowest BCUT2D eigenvalue weighted by molar-refractivity contribution is 0.158. The summed E-state index contributed by atoms with van der Waals surface area (Å²) in [5.74, 6) is 0.896. The van der Waals surface area contributed by atoms with E-state index in [0.717, 1.165) is 31.4 Å². The highest BCUT2D eigenvalue weighted by molar-refractivity contribution is 5.27. The molecule has 1 N–H and O–H groups in total. The van der Waals surface area contributed by atoms with Crippen molar-refractivity contribution in [2.75, 3.05) is 7.11 Å². The van der Waals surface area contributed by atoms with E-state index in [1.54, 1.807) is 7.11 Å². The topological polar surface area (TPSA) is 29.5 Å². The van der Waals surface area contributed by atoms with Gasteiger partial charge in [-0.25, -0.2) is 0 Å². The fourth-order valence-corrected chi connectivity index (χ4v) is 1.54. The van der Waals surface area contributed by atoms with Crippen molar-refractivity contribution in [2.45, 2.75) is 38.7 Å². The van der Waals surface area contributed by atoms with Gasteiger partial charge in [0.15, 0.2) is 0 Å². The number of aryl methyl sites for hydroxylation is 1. The van der Waals surface area contributed by atoms with Gasteiger partial charge in [-0.1, -0.05) is 19.1 Å². The maximum absolute atomic E-state index is 9.40. The van der Waals surface area contributed by atoms with Crippen molar-refractivity contribution >= 4 is 0 Å². The summed E-state index contributed by atoms with van der Waals surface area (Å²) in [6.45, 7) is 2.01. The van der Waals surface area contributed by atoms with Crippen molar-refractivity contribution < 1.29 is 9.84 Å². The molecule has 0 amide bonds. The van der Waals surface area contributed by atoms with Gasteiger partial charge in [0.2, 0.25) is 0 Å². The summed E-state index contributed by atoms with van der Waals surface area (Å²) < 4.78 is 5.09. The van der Waals surface area contributed by atoms with Crippen molar-refractivity contribution in [1.82, 2.24) is 0 Å². The van der Waals surface area contributed by atoms with Gasteiger partial charge in [0, 0.05) is 0 Å². The first kappa shape index (κ1) is 12.1. The van der Waals surface area contributed by atoms with Gasteiger partial charge in [0.1, 0.15) is 5.75 Å². The Balaban J connectivity index is 2.31. The number of ether oxygens (including phenoxy) is 1. The first-order valence-corrected chi connectivity index (χ1v) is 5.57. The molecule has 0 fully saturated rings. The third-order valence-corrected chi connectivity index (χ3v) is 2.63. The Kier molecular flexibility index (Phi) is 5.19. The number of hydrogen-bond acceptors (Lipinski definition) is 2. The minimum Gasteiger partial charge on any atom is -0.497 e. The summed E-state index contributed by atoms with van der Waals surface area (Å²) >= 11 is 0. The van der Waals surface area contributed by atoms with Gasteiger partial charge in [-0.15, -0.1) is 0 Å². The Hall–Kier alpha value is -1.02. The van der Waals surface area contributed by atoms with Gasteiger partial charge in [-0.05, 0) is 43.4 Å². The lowest BCUT2D eigenvalue weighted by Crippen LogP contribution is -2.04. The van der Waals surface area contributed by atoms with E-state index in [4.69, 9.17) is 4.74 Å². The number of rotatable bonds is 6. The van der Waals surface area contributed by atoms with Gasteiger partial charge in [0.05, 0.1) is 13.2 Å². The molecule has 0 aromatic heterocycles. The number of hydrogen-bond donors (Lipinski definition) is 1. The maximum atomic E-state index is 9.40. The Morgan fingerprint density at radius 3 is 2.47 bits per heavy atom. The molecule has 0 saturated carbocycles. The second kappa shape index (κ2) is 6.46. The molecule has 0 aliphatic rings. The van der Waals surface area contributed by atoms with E-state index in [2.05, 4.69) is 12.1 Å². The van der Waals surface area contributed by atoms with Crippen molar-refractivity contribution in [3.8, 4) is 5.75 Å². The Bertz CT molecular complexity index is 266. The average molecular weight is 208 g/mol. The summed E-state index contributed by atoms with van der Waals surface area (Å²) in [5, 5.41) is 9.40. The minimum atomic E-state index is -0.136. The second-order valence-electron chi connectivity index (χ2n) is 3.80. The average Bonchev–Trinajstić information content (AvgIpc) is 2.29. The van der Waals surface area contributed by atoms with Crippen molar-refractivity contribution in [3.63, 3.8) is 0 Å². The maximum Gasteiger partial charge on any atom is 0.118 e. The predicted molar refractivity (Wildman–Crippen MR) is 62.2 cm³/mol. The zero-order valence-electron chi connectivity index (χ0n) is 9.57. The molecule has 0 heterocycles. The first-order valence-electron chi connectivity index (χ1n) is 5.57. The molecule has 84 valence electrons. The van der Waals surface area contributed by atoms with Crippen LogP contribution in [0.2, 0.25) is 0 Å². The van der Waals surface area contributed by atoms with Crippen LogP contribution in [0.15, 0.2) is 24.3 Å². The lowest BCUT2D eigenvalue weighted by Gasteiger charge is -2.07. The van der Waals surface area contributed by atoms with Crippen LogP contribution in [0.4, 0.5) is 0 Å². The monoisotopic (exact) mass is 208 g/mol. The summed E-state index contributed by atoms with van der Waals surface area (Å²) in [6.07, 6.45) is 3.68. The molecule has 1 unspecified atom stereocenters. The number of aliphatic hydroxyl groups excluding tert-OH is 1. The lowest BCUT2D eigenvalue weighted by atomic mass is 10.0. The predicted octanol–water partition coefficient (Wildman–Crippen LogP) is 2.79. The van der Waals surface area contributed by atoms with Crippen LogP contribution < -0.4 is 4.74 Å². The molecule has 1 atom stereocenters. The zero-order chi connectivity index (χ0) is 11.1. The molecule has 0 aliphatic carbocycles. The van der Waals surface area contributed by atoms with Gasteiger partial charge >= 0.3 is 0 Å². The summed E-state index contributed by atoms with van der Waals surface area (Å²) in [6, 6.07) is 8.12. The molecule has 2 nitrogen and oxygen atoms in total. The molecule has 15 heavy (non-hydrogen) atoms. The van der Waals surface area contributed by atoms with E-state index >= 15 is 0 Å². The van der Waals surface area contributed by atoms with Gasteiger partial charge in [0.25, 0.3) is 0 Å². The molecule has 0 aliphatic heterocycles. The van der Waals surface area contributed by atoms with Crippen molar-refractivity contribution in [2.24, 2.45) is 0 Å². The quantitative estimate of drug-likeness (QED) is 0.779. The third kappa shape index (κ3) is 4.34. The minimum absolute atomic E-state index is 0.136. The SMILES string of the molecule is CCC(O)CCCc1ccc(OC)cc1. The summed E-state index contributed by atoms with van der Waals surface area (Å²) in [7, 11) is 1.67. The van der Waals surface area contributed by atoms with E-state index in [-0.39, 0.29) is 6.10 Å². The van der Waals surface area contributed by atoms with E-state index in [1.807, 2.05) is 19.1 Å². The van der Waals surface area contributed by atoms with Crippen LogP contribution in [0.25, 0.3) is 0 Å². The van der Waals surface area contributed by atoms with Crippen LogP contribution in [0.1, 0.15) is 31.7 Å². The normalized spacial score (nSPS) is 12.5. The van der Waals surface area contributed by atoms with Crippen LogP contribution >= 0.6 is 0 Å². The molecule has 1 aromatic carbocycles. The molecule has 0 spiro atoms. The molecule has 2 heteroatoms. The third-order valence-electron chi connectivity index (χ3n) is 2.63. The molecule has 1 rings (SSSR count). The number of benzene rings is 1. The molecule has 1 aromatic rings. The number of aliphatic hydroxyl groups is 1. The van der Waals surface area contributed by atoms with Crippen LogP contribution in [-0.4, -0.2) is 18.3 Å². The fraction of sp³-hybridized carbons (Fsp3) is 0.538. The first-order chi connectivity index (χ1) is 7.26. The zero-order valence-corrected chi connectivity index (χ0v) is 9.57. The van der Waals surface area contributed by atoms with E-state index < -0.39 is 0 Å². The van der Waals surface area contributed by atoms with Crippen molar-refractivity contribution in [1.29, 1.82) is 0 Å². The Labute approximate surface area is 91.9 Å². The smallest absolute Gasteiger partial charge is 0.118 e. The van der Waals surface area contributed by atoms with Gasteiger partial charge in [-0.3, -0.25) is 0 Å². The van der Waals surface area contributed by atoms with E-state index in [0.29, 0.717) is 0 Å². The van der Waals surface area contributed by atoms with E-state index in [1.165, 1.54) is 5.56 Å². The molecule has 0 bridgehead atoms. The largest absolute Gasteiger partial charge is 0.497 e. The second-order valence-corrected chi connectivity index (χ2v) is 3.80. The van der Waals surface area contributed by atoms with Crippen LogP contribution in [0.5, 0.6) is 5.75 Å². The van der Waals surface area contributed by atoms with Crippen LogP contribution in [-0.2, 0) is 6.42 Å². The molecule has 0 radical (unpaired) electrons. The molecular weight excluding hydrogens is 188 g/mol. The van der Waals surface area contributed by atoms with Crippen molar-refractivity contribution in [3.05, 3.63) is 29.8 Å². The standard InChI is InChI=1S/C13H20O2/c1-3-12(14)6-4-5-11-7-9-13(15-2)10-8-11/h7-10,12,14H,3-6H2,1-2H3.